The number of sulfonamides is 1. The fraction of sp³-hybridized carbons (Fsp3) is 0.579. The number of nitrogens with zero attached hydrogens (tertiary/aromatic N) is 1. The first kappa shape index (κ1) is 21.4. The van der Waals surface area contributed by atoms with E-state index in [0.717, 1.165) is 31.2 Å². The minimum absolute atomic E-state index is 0.0957. The number of hydrogen-bond acceptors (Lipinski definition) is 4. The largest absolute Gasteiger partial charge is 0.355 e. The first-order valence-corrected chi connectivity index (χ1v) is 10.9. The van der Waals surface area contributed by atoms with E-state index in [9.17, 15) is 18.0 Å². The molecule has 1 aromatic carbocycles. The topological polar surface area (TPSA) is 95.6 Å². The van der Waals surface area contributed by atoms with Gasteiger partial charge >= 0.3 is 0 Å². The van der Waals surface area contributed by atoms with Crippen molar-refractivity contribution in [3.63, 3.8) is 0 Å². The third kappa shape index (κ3) is 6.95. The van der Waals surface area contributed by atoms with E-state index in [2.05, 4.69) is 10.6 Å². The summed E-state index contributed by atoms with van der Waals surface area (Å²) in [5.41, 5.74) is 0.918. The maximum Gasteiger partial charge on any atom is 0.243 e. The predicted octanol–water partition coefficient (Wildman–Crippen LogP) is 1.44. The molecule has 0 aliphatic carbocycles. The van der Waals surface area contributed by atoms with Crippen molar-refractivity contribution in [2.24, 2.45) is 0 Å². The van der Waals surface area contributed by atoms with Crippen LogP contribution in [0.1, 0.15) is 44.6 Å². The lowest BCUT2D eigenvalue weighted by atomic mass is 10.1. The van der Waals surface area contributed by atoms with E-state index in [0.29, 0.717) is 43.9 Å². The number of aryl methyl sites for hydroxylation is 1. The molecule has 1 fully saturated rings. The third-order valence-corrected chi connectivity index (χ3v) is 6.50. The Balaban J connectivity index is 1.83. The third-order valence-electron chi connectivity index (χ3n) is 4.59. The number of nitrogens with one attached hydrogen (secondary N) is 2. The Bertz CT molecular complexity index is 724. The van der Waals surface area contributed by atoms with Crippen molar-refractivity contribution in [2.45, 2.75) is 50.3 Å². The van der Waals surface area contributed by atoms with E-state index in [1.807, 2.05) is 0 Å². The summed E-state index contributed by atoms with van der Waals surface area (Å²) in [6.07, 6.45) is 4.84. The van der Waals surface area contributed by atoms with Gasteiger partial charge < -0.3 is 10.6 Å². The Morgan fingerprint density at radius 3 is 2.15 bits per heavy atom. The summed E-state index contributed by atoms with van der Waals surface area (Å²) in [6, 6.07) is 6.80. The minimum atomic E-state index is -3.44. The van der Waals surface area contributed by atoms with Gasteiger partial charge in [-0.2, -0.15) is 4.31 Å². The Labute approximate surface area is 161 Å². The van der Waals surface area contributed by atoms with E-state index >= 15 is 0 Å². The summed E-state index contributed by atoms with van der Waals surface area (Å²) in [6.45, 7) is 3.40. The molecule has 0 bridgehead atoms. The number of carbonyl (C=O) groups is 2. The van der Waals surface area contributed by atoms with Crippen LogP contribution < -0.4 is 10.6 Å². The SMILES string of the molecule is CC(=O)NCCNC(=O)CCc1ccc(S(=O)(=O)N2CCCCCC2)cc1. The van der Waals surface area contributed by atoms with Crippen molar-refractivity contribution in [2.75, 3.05) is 26.2 Å². The molecular formula is C19H29N3O4S. The van der Waals surface area contributed by atoms with Gasteiger partial charge in [0.05, 0.1) is 4.90 Å². The highest BCUT2D eigenvalue weighted by Gasteiger charge is 2.24. The summed E-state index contributed by atoms with van der Waals surface area (Å²) in [5, 5.41) is 5.35. The van der Waals surface area contributed by atoms with Crippen LogP contribution >= 0.6 is 0 Å². The molecule has 0 atom stereocenters. The molecule has 0 unspecified atom stereocenters. The molecule has 2 rings (SSSR count). The average molecular weight is 396 g/mol. The van der Waals surface area contributed by atoms with Crippen molar-refractivity contribution >= 4 is 21.8 Å². The molecule has 27 heavy (non-hydrogen) atoms. The van der Waals surface area contributed by atoms with Gasteiger partial charge in [-0.25, -0.2) is 8.42 Å². The number of carbonyl (C=O) groups excluding carboxylic acids is 2. The zero-order chi connectivity index (χ0) is 19.7. The molecule has 1 heterocycles. The van der Waals surface area contributed by atoms with Crippen LogP contribution in [-0.2, 0) is 26.0 Å². The van der Waals surface area contributed by atoms with E-state index in [1.165, 1.54) is 6.92 Å². The standard InChI is InChI=1S/C19H29N3O4S/c1-16(23)20-12-13-21-19(24)11-8-17-6-9-18(10-7-17)27(25,26)22-14-4-2-3-5-15-22/h6-7,9-10H,2-5,8,11-15H2,1H3,(H,20,23)(H,21,24). The maximum absolute atomic E-state index is 12.7. The van der Waals surface area contributed by atoms with Gasteiger partial charge in [0.25, 0.3) is 0 Å². The van der Waals surface area contributed by atoms with Crippen molar-refractivity contribution in [1.29, 1.82) is 0 Å². The molecule has 1 aliphatic rings. The zero-order valence-corrected chi connectivity index (χ0v) is 16.7. The van der Waals surface area contributed by atoms with Crippen molar-refractivity contribution in [3.05, 3.63) is 29.8 Å². The lowest BCUT2D eigenvalue weighted by Crippen LogP contribution is -2.33. The molecule has 2 amide bonds. The fourth-order valence-corrected chi connectivity index (χ4v) is 4.56. The second-order valence-corrected chi connectivity index (χ2v) is 8.73. The highest BCUT2D eigenvalue weighted by Crippen LogP contribution is 2.21. The lowest BCUT2D eigenvalue weighted by molar-refractivity contribution is -0.122. The normalized spacial score (nSPS) is 15.7. The molecule has 0 aromatic heterocycles. The van der Waals surface area contributed by atoms with Gasteiger partial charge in [0.2, 0.25) is 21.8 Å². The van der Waals surface area contributed by atoms with Crippen LogP contribution in [-0.4, -0.2) is 50.7 Å². The second kappa shape index (κ2) is 10.4. The molecule has 8 heteroatoms. The average Bonchev–Trinajstić information content (AvgIpc) is 2.94. The highest BCUT2D eigenvalue weighted by atomic mass is 32.2. The summed E-state index contributed by atoms with van der Waals surface area (Å²) in [4.78, 5) is 22.9. The highest BCUT2D eigenvalue weighted by molar-refractivity contribution is 7.89. The van der Waals surface area contributed by atoms with E-state index < -0.39 is 10.0 Å². The lowest BCUT2D eigenvalue weighted by Gasteiger charge is -2.20. The molecule has 0 spiro atoms. The van der Waals surface area contributed by atoms with Gasteiger partial charge in [0.1, 0.15) is 0 Å². The van der Waals surface area contributed by atoms with Gasteiger partial charge in [-0.1, -0.05) is 25.0 Å². The monoisotopic (exact) mass is 395 g/mol. The Morgan fingerprint density at radius 2 is 1.56 bits per heavy atom. The summed E-state index contributed by atoms with van der Waals surface area (Å²) in [5.74, 6) is -0.221. The van der Waals surface area contributed by atoms with Gasteiger partial charge in [-0.15, -0.1) is 0 Å². The van der Waals surface area contributed by atoms with Crippen LogP contribution in [0.4, 0.5) is 0 Å². The maximum atomic E-state index is 12.7. The van der Waals surface area contributed by atoms with Crippen LogP contribution in [0.15, 0.2) is 29.2 Å². The van der Waals surface area contributed by atoms with Crippen LogP contribution in [0.25, 0.3) is 0 Å². The minimum Gasteiger partial charge on any atom is -0.355 e. The van der Waals surface area contributed by atoms with Crippen molar-refractivity contribution in [1.82, 2.24) is 14.9 Å². The zero-order valence-electron chi connectivity index (χ0n) is 15.9. The number of rotatable bonds is 8. The number of amides is 2. The number of benzene rings is 1. The van der Waals surface area contributed by atoms with Crippen LogP contribution in [0.5, 0.6) is 0 Å². The van der Waals surface area contributed by atoms with Gasteiger partial charge in [0.15, 0.2) is 0 Å². The first-order valence-electron chi connectivity index (χ1n) is 9.50. The summed E-state index contributed by atoms with van der Waals surface area (Å²) >= 11 is 0. The predicted molar refractivity (Wildman–Crippen MR) is 104 cm³/mol. The number of hydrogen-bond donors (Lipinski definition) is 2. The molecule has 1 aromatic rings. The Morgan fingerprint density at radius 1 is 0.963 bits per heavy atom. The molecule has 7 nitrogen and oxygen atoms in total. The Kier molecular flexibility index (Phi) is 8.24. The van der Waals surface area contributed by atoms with Gasteiger partial charge in [-0.05, 0) is 37.0 Å². The van der Waals surface area contributed by atoms with Crippen molar-refractivity contribution in [3.8, 4) is 0 Å². The van der Waals surface area contributed by atoms with E-state index in [1.54, 1.807) is 28.6 Å². The van der Waals surface area contributed by atoms with Gasteiger partial charge in [0, 0.05) is 39.5 Å². The molecule has 1 aliphatic heterocycles. The molecule has 0 saturated carbocycles. The van der Waals surface area contributed by atoms with Crippen LogP contribution in [0.3, 0.4) is 0 Å². The van der Waals surface area contributed by atoms with Gasteiger partial charge in [-0.3, -0.25) is 9.59 Å². The fourth-order valence-electron chi connectivity index (χ4n) is 3.05. The van der Waals surface area contributed by atoms with Crippen molar-refractivity contribution < 1.29 is 18.0 Å². The van der Waals surface area contributed by atoms with E-state index in [4.69, 9.17) is 0 Å². The quantitative estimate of drug-likeness (QED) is 0.651. The summed E-state index contributed by atoms with van der Waals surface area (Å²) < 4.78 is 27.1. The van der Waals surface area contributed by atoms with E-state index in [-0.39, 0.29) is 11.8 Å². The molecule has 0 radical (unpaired) electrons. The molecule has 150 valence electrons. The molecule has 2 N–H and O–H groups in total. The van der Waals surface area contributed by atoms with Crippen LogP contribution in [0, 0.1) is 0 Å². The van der Waals surface area contributed by atoms with Crippen LogP contribution in [0.2, 0.25) is 0 Å². The smallest absolute Gasteiger partial charge is 0.243 e. The molecule has 1 saturated heterocycles. The summed E-state index contributed by atoms with van der Waals surface area (Å²) in [7, 11) is -3.44. The first-order chi connectivity index (χ1) is 12.9. The second-order valence-electron chi connectivity index (χ2n) is 6.80. The molecular weight excluding hydrogens is 366 g/mol. The Hall–Kier alpha value is -1.93.